The van der Waals surface area contributed by atoms with E-state index in [1.165, 1.54) is 0 Å². The predicted molar refractivity (Wildman–Crippen MR) is 83.9 cm³/mol. The number of benzene rings is 2. The van der Waals surface area contributed by atoms with Gasteiger partial charge in [-0.25, -0.2) is 0 Å². The zero-order valence-electron chi connectivity index (χ0n) is 10.7. The minimum absolute atomic E-state index is 0.234. The normalized spacial score (nSPS) is 10.8. The number of hydrazone groups is 1. The number of Topliss-reactive ketones (excluding diaryl/α,β-unsaturated/α-hetero) is 1. The highest BCUT2D eigenvalue weighted by atomic mass is 35.5. The summed E-state index contributed by atoms with van der Waals surface area (Å²) in [5, 5.41) is 13.7. The molecule has 2 aromatic rings. The van der Waals surface area contributed by atoms with Gasteiger partial charge in [-0.2, -0.15) is 10.4 Å². The van der Waals surface area contributed by atoms with E-state index in [1.54, 1.807) is 54.6 Å². The largest absolute Gasteiger partial charge is 0.286 e. The number of ketones is 1. The summed E-state index contributed by atoms with van der Waals surface area (Å²) in [6, 6.07) is 15.0. The quantitative estimate of drug-likeness (QED) is 0.523. The summed E-state index contributed by atoms with van der Waals surface area (Å²) in [5.74, 6) is -0.537. The third kappa shape index (κ3) is 3.82. The maximum absolute atomic E-state index is 12.2. The van der Waals surface area contributed by atoms with Crippen LogP contribution in [0, 0.1) is 11.3 Å². The van der Waals surface area contributed by atoms with Crippen molar-refractivity contribution in [1.29, 1.82) is 5.26 Å². The van der Waals surface area contributed by atoms with E-state index in [-0.39, 0.29) is 16.3 Å². The van der Waals surface area contributed by atoms with Gasteiger partial charge in [-0.1, -0.05) is 35.3 Å². The monoisotopic (exact) mass is 317 g/mol. The standard InChI is InChI=1S/C15H9Cl2N3O/c16-10-5-7-11(8-6-10)19-20-14(9-18)15(21)12-3-1-2-4-13(12)17/h1-8,19H/b20-14+. The second-order valence-electron chi connectivity index (χ2n) is 4.00. The first-order chi connectivity index (χ1) is 10.1. The summed E-state index contributed by atoms with van der Waals surface area (Å²) in [6.07, 6.45) is 0. The Balaban J connectivity index is 2.22. The van der Waals surface area contributed by atoms with E-state index in [1.807, 2.05) is 0 Å². The lowest BCUT2D eigenvalue weighted by Crippen LogP contribution is -2.14. The molecule has 0 atom stereocenters. The molecule has 4 nitrogen and oxygen atoms in total. The van der Waals surface area contributed by atoms with Crippen molar-refractivity contribution >= 4 is 40.4 Å². The molecule has 0 unspecified atom stereocenters. The van der Waals surface area contributed by atoms with Crippen molar-refractivity contribution in [1.82, 2.24) is 0 Å². The molecule has 0 heterocycles. The molecule has 0 saturated heterocycles. The minimum Gasteiger partial charge on any atom is -0.286 e. The molecule has 0 spiro atoms. The first-order valence-corrected chi connectivity index (χ1v) is 6.66. The van der Waals surface area contributed by atoms with Gasteiger partial charge in [-0.05, 0) is 36.4 Å². The van der Waals surface area contributed by atoms with Crippen molar-refractivity contribution in [2.45, 2.75) is 0 Å². The van der Waals surface area contributed by atoms with E-state index in [4.69, 9.17) is 28.5 Å². The molecule has 0 aliphatic heterocycles. The zero-order valence-corrected chi connectivity index (χ0v) is 12.2. The van der Waals surface area contributed by atoms with Crippen LogP contribution in [-0.4, -0.2) is 11.5 Å². The van der Waals surface area contributed by atoms with Gasteiger partial charge < -0.3 is 0 Å². The van der Waals surface area contributed by atoms with Crippen LogP contribution in [0.15, 0.2) is 53.6 Å². The van der Waals surface area contributed by atoms with Crippen LogP contribution in [0.2, 0.25) is 10.0 Å². The molecular formula is C15H9Cl2N3O. The molecule has 0 aromatic heterocycles. The molecule has 104 valence electrons. The molecule has 6 heteroatoms. The fourth-order valence-electron chi connectivity index (χ4n) is 1.54. The van der Waals surface area contributed by atoms with Gasteiger partial charge in [-0.3, -0.25) is 10.2 Å². The average molecular weight is 318 g/mol. The molecule has 0 aliphatic carbocycles. The first kappa shape index (κ1) is 15.0. The summed E-state index contributed by atoms with van der Waals surface area (Å²) in [6.45, 7) is 0. The fraction of sp³-hybridized carbons (Fsp3) is 0. The van der Waals surface area contributed by atoms with Crippen LogP contribution in [0.1, 0.15) is 10.4 Å². The van der Waals surface area contributed by atoms with Crippen molar-refractivity contribution in [3.63, 3.8) is 0 Å². The number of hydrogen-bond donors (Lipinski definition) is 1. The maximum atomic E-state index is 12.2. The minimum atomic E-state index is -0.537. The highest BCUT2D eigenvalue weighted by Crippen LogP contribution is 2.17. The Morgan fingerprint density at radius 1 is 1.10 bits per heavy atom. The number of hydrogen-bond acceptors (Lipinski definition) is 4. The number of halogens is 2. The van der Waals surface area contributed by atoms with Gasteiger partial charge in [0.1, 0.15) is 6.07 Å². The van der Waals surface area contributed by atoms with Gasteiger partial charge in [-0.15, -0.1) is 0 Å². The molecule has 21 heavy (non-hydrogen) atoms. The van der Waals surface area contributed by atoms with Gasteiger partial charge >= 0.3 is 0 Å². The number of rotatable bonds is 4. The maximum Gasteiger partial charge on any atom is 0.225 e. The number of nitrogens with zero attached hydrogens (tertiary/aromatic N) is 2. The highest BCUT2D eigenvalue weighted by molar-refractivity contribution is 6.53. The topological polar surface area (TPSA) is 65.2 Å². The smallest absolute Gasteiger partial charge is 0.225 e. The molecule has 2 aromatic carbocycles. The summed E-state index contributed by atoms with van der Waals surface area (Å²) >= 11 is 11.7. The van der Waals surface area contributed by atoms with Crippen molar-refractivity contribution < 1.29 is 4.79 Å². The van der Waals surface area contributed by atoms with Gasteiger partial charge in [0, 0.05) is 10.6 Å². The van der Waals surface area contributed by atoms with E-state index >= 15 is 0 Å². The molecule has 0 radical (unpaired) electrons. The highest BCUT2D eigenvalue weighted by Gasteiger charge is 2.16. The van der Waals surface area contributed by atoms with E-state index in [0.717, 1.165) is 0 Å². The lowest BCUT2D eigenvalue weighted by atomic mass is 10.1. The molecule has 0 bridgehead atoms. The average Bonchev–Trinajstić information content (AvgIpc) is 2.50. The Labute approximate surface area is 131 Å². The second-order valence-corrected chi connectivity index (χ2v) is 4.84. The van der Waals surface area contributed by atoms with Crippen molar-refractivity contribution in [3.05, 3.63) is 64.1 Å². The molecular weight excluding hydrogens is 309 g/mol. The molecule has 0 fully saturated rings. The van der Waals surface area contributed by atoms with Gasteiger partial charge in [0.05, 0.1) is 10.7 Å². The van der Waals surface area contributed by atoms with Crippen LogP contribution in [0.5, 0.6) is 0 Å². The third-order valence-corrected chi connectivity index (χ3v) is 3.16. The van der Waals surface area contributed by atoms with Gasteiger partial charge in [0.15, 0.2) is 0 Å². The lowest BCUT2D eigenvalue weighted by molar-refractivity contribution is 0.106. The number of carbonyl (C=O) groups excluding carboxylic acids is 1. The van der Waals surface area contributed by atoms with Crippen LogP contribution in [0.4, 0.5) is 5.69 Å². The van der Waals surface area contributed by atoms with Gasteiger partial charge in [0.2, 0.25) is 11.5 Å². The Bertz CT molecular complexity index is 733. The van der Waals surface area contributed by atoms with Crippen LogP contribution in [0.25, 0.3) is 0 Å². The fourth-order valence-corrected chi connectivity index (χ4v) is 1.89. The van der Waals surface area contributed by atoms with Crippen molar-refractivity contribution in [3.8, 4) is 6.07 Å². The summed E-state index contributed by atoms with van der Waals surface area (Å²) < 4.78 is 0. The van der Waals surface area contributed by atoms with Crippen LogP contribution in [0.3, 0.4) is 0 Å². The molecule has 0 aliphatic rings. The number of nitriles is 1. The zero-order chi connectivity index (χ0) is 15.2. The second kappa shape index (κ2) is 6.89. The molecule has 1 N–H and O–H groups in total. The number of anilines is 1. The Morgan fingerprint density at radius 2 is 1.76 bits per heavy atom. The van der Waals surface area contributed by atoms with Crippen LogP contribution < -0.4 is 5.43 Å². The van der Waals surface area contributed by atoms with E-state index in [2.05, 4.69) is 10.5 Å². The van der Waals surface area contributed by atoms with E-state index in [0.29, 0.717) is 10.7 Å². The number of carbonyl (C=O) groups is 1. The molecule has 0 saturated carbocycles. The summed E-state index contributed by atoms with van der Waals surface area (Å²) in [4.78, 5) is 12.2. The van der Waals surface area contributed by atoms with Crippen LogP contribution >= 0.6 is 23.2 Å². The summed E-state index contributed by atoms with van der Waals surface area (Å²) in [7, 11) is 0. The number of nitrogens with one attached hydrogen (secondary N) is 1. The first-order valence-electron chi connectivity index (χ1n) is 5.90. The molecule has 2 rings (SSSR count). The summed E-state index contributed by atoms with van der Waals surface area (Å²) in [5.41, 5.74) is 3.20. The predicted octanol–water partition coefficient (Wildman–Crippen LogP) is 4.17. The Morgan fingerprint density at radius 3 is 2.38 bits per heavy atom. The van der Waals surface area contributed by atoms with E-state index < -0.39 is 5.78 Å². The van der Waals surface area contributed by atoms with Gasteiger partial charge in [0.25, 0.3) is 0 Å². The van der Waals surface area contributed by atoms with Crippen LogP contribution in [-0.2, 0) is 0 Å². The third-order valence-electron chi connectivity index (χ3n) is 2.58. The van der Waals surface area contributed by atoms with E-state index in [9.17, 15) is 4.79 Å². The molecule has 0 amide bonds. The Kier molecular flexibility index (Phi) is 4.94. The Hall–Kier alpha value is -2.35. The lowest BCUT2D eigenvalue weighted by Gasteiger charge is -2.03. The van der Waals surface area contributed by atoms with Crippen molar-refractivity contribution in [2.75, 3.05) is 5.43 Å². The SMILES string of the molecule is N#C/C(=N\Nc1ccc(Cl)cc1)C(=O)c1ccccc1Cl. The van der Waals surface area contributed by atoms with Crippen molar-refractivity contribution in [2.24, 2.45) is 5.10 Å².